The molecule has 0 aromatic heterocycles. The van der Waals surface area contributed by atoms with E-state index in [9.17, 15) is 4.79 Å². The molecule has 1 aromatic carbocycles. The van der Waals surface area contributed by atoms with Crippen LogP contribution in [0.2, 0.25) is 5.02 Å². The first-order valence-corrected chi connectivity index (χ1v) is 7.42. The third-order valence-corrected chi connectivity index (χ3v) is 3.87. The number of carbonyl (C=O) groups excluding carboxylic acids is 1. The summed E-state index contributed by atoms with van der Waals surface area (Å²) in [5, 5.41) is 6.96. The molecule has 0 saturated carbocycles. The molecule has 1 saturated heterocycles. The minimum Gasteiger partial charge on any atom is -0.491 e. The van der Waals surface area contributed by atoms with Gasteiger partial charge in [-0.3, -0.25) is 4.79 Å². The van der Waals surface area contributed by atoms with E-state index < -0.39 is 0 Å². The third kappa shape index (κ3) is 5.73. The second-order valence-electron chi connectivity index (χ2n) is 5.17. The second-order valence-corrected chi connectivity index (χ2v) is 5.58. The van der Waals surface area contributed by atoms with Crippen LogP contribution in [0.3, 0.4) is 0 Å². The summed E-state index contributed by atoms with van der Waals surface area (Å²) in [7, 11) is 0. The van der Waals surface area contributed by atoms with Crippen molar-refractivity contribution < 1.29 is 9.53 Å². The van der Waals surface area contributed by atoms with Crippen LogP contribution < -0.4 is 15.4 Å². The number of ether oxygens (including phenoxy) is 1. The van der Waals surface area contributed by atoms with Crippen molar-refractivity contribution in [1.82, 2.24) is 10.6 Å². The van der Waals surface area contributed by atoms with Gasteiger partial charge in [0.25, 0.3) is 0 Å². The third-order valence-electron chi connectivity index (χ3n) is 3.56. The molecular formula is C15H22Cl2N2O2. The van der Waals surface area contributed by atoms with E-state index >= 15 is 0 Å². The van der Waals surface area contributed by atoms with Gasteiger partial charge in [-0.15, -0.1) is 12.4 Å². The highest BCUT2D eigenvalue weighted by Crippen LogP contribution is 2.23. The van der Waals surface area contributed by atoms with Crippen LogP contribution in [-0.4, -0.2) is 31.6 Å². The van der Waals surface area contributed by atoms with E-state index in [-0.39, 0.29) is 24.4 Å². The molecule has 2 N–H and O–H groups in total. The van der Waals surface area contributed by atoms with E-state index in [1.807, 2.05) is 12.1 Å². The smallest absolute Gasteiger partial charge is 0.223 e. The first-order valence-electron chi connectivity index (χ1n) is 7.04. The van der Waals surface area contributed by atoms with Crippen molar-refractivity contribution >= 4 is 29.9 Å². The predicted octanol–water partition coefficient (Wildman–Crippen LogP) is 2.64. The molecule has 0 bridgehead atoms. The lowest BCUT2D eigenvalue weighted by molar-refractivity contribution is -0.122. The van der Waals surface area contributed by atoms with E-state index in [1.165, 1.54) is 0 Å². The molecule has 0 aliphatic carbocycles. The number of amides is 1. The number of halogens is 2. The van der Waals surface area contributed by atoms with Crippen molar-refractivity contribution in [2.75, 3.05) is 19.7 Å². The summed E-state index contributed by atoms with van der Waals surface area (Å²) in [6, 6.07) is 7.55. The topological polar surface area (TPSA) is 50.4 Å². The molecule has 1 amide bonds. The van der Waals surface area contributed by atoms with Crippen molar-refractivity contribution in [2.24, 2.45) is 5.92 Å². The maximum absolute atomic E-state index is 11.9. The van der Waals surface area contributed by atoms with Gasteiger partial charge in [0.05, 0.1) is 18.1 Å². The zero-order valence-electron chi connectivity index (χ0n) is 12.1. The number of piperidine rings is 1. The number of hydrogen-bond acceptors (Lipinski definition) is 3. The van der Waals surface area contributed by atoms with E-state index in [2.05, 4.69) is 17.6 Å². The van der Waals surface area contributed by atoms with Gasteiger partial charge in [0, 0.05) is 6.04 Å². The number of hydrogen-bond donors (Lipinski definition) is 2. The highest BCUT2D eigenvalue weighted by Gasteiger charge is 2.22. The van der Waals surface area contributed by atoms with Crippen LogP contribution >= 0.6 is 24.0 Å². The maximum Gasteiger partial charge on any atom is 0.223 e. The minimum atomic E-state index is 0. The van der Waals surface area contributed by atoms with E-state index in [4.69, 9.17) is 16.3 Å². The highest BCUT2D eigenvalue weighted by atomic mass is 35.5. The monoisotopic (exact) mass is 332 g/mol. The first-order chi connectivity index (χ1) is 9.66. The normalized spacial score (nSPS) is 21.2. The van der Waals surface area contributed by atoms with Crippen molar-refractivity contribution in [3.63, 3.8) is 0 Å². The summed E-state index contributed by atoms with van der Waals surface area (Å²) in [5.41, 5.74) is 0. The van der Waals surface area contributed by atoms with Crippen molar-refractivity contribution in [3.8, 4) is 5.75 Å². The lowest BCUT2D eigenvalue weighted by atomic mass is 9.95. The number of rotatable bonds is 5. The Morgan fingerprint density at radius 1 is 1.48 bits per heavy atom. The Kier molecular flexibility index (Phi) is 7.86. The Hall–Kier alpha value is -0.970. The standard InChI is InChI=1S/C15H21ClN2O2.ClH/c1-11-10-17-8-6-13(11)18-15(19)7-9-20-14-5-3-2-4-12(14)16;/h2-5,11,13,17H,6-10H2,1H3,(H,18,19);1H. The van der Waals surface area contributed by atoms with Gasteiger partial charge in [0.2, 0.25) is 5.91 Å². The van der Waals surface area contributed by atoms with Gasteiger partial charge in [-0.1, -0.05) is 30.7 Å². The average molecular weight is 333 g/mol. The van der Waals surface area contributed by atoms with Gasteiger partial charge >= 0.3 is 0 Å². The summed E-state index contributed by atoms with van der Waals surface area (Å²) >= 11 is 5.98. The number of benzene rings is 1. The fraction of sp³-hybridized carbons (Fsp3) is 0.533. The zero-order valence-corrected chi connectivity index (χ0v) is 13.7. The van der Waals surface area contributed by atoms with Gasteiger partial charge in [0.15, 0.2) is 0 Å². The van der Waals surface area contributed by atoms with Crippen molar-refractivity contribution in [2.45, 2.75) is 25.8 Å². The Balaban J connectivity index is 0.00000220. The van der Waals surface area contributed by atoms with Crippen LogP contribution in [0.15, 0.2) is 24.3 Å². The molecule has 1 heterocycles. The van der Waals surface area contributed by atoms with Gasteiger partial charge in [-0.05, 0) is 37.6 Å². The van der Waals surface area contributed by atoms with Gasteiger partial charge in [-0.2, -0.15) is 0 Å². The van der Waals surface area contributed by atoms with Gasteiger partial charge in [0.1, 0.15) is 5.75 Å². The Bertz CT molecular complexity index is 457. The summed E-state index contributed by atoms with van der Waals surface area (Å²) in [5.74, 6) is 1.13. The average Bonchev–Trinajstić information content (AvgIpc) is 2.43. The molecular weight excluding hydrogens is 311 g/mol. The van der Waals surface area contributed by atoms with Crippen LogP contribution in [0, 0.1) is 5.92 Å². The van der Waals surface area contributed by atoms with Crippen LogP contribution in [0.5, 0.6) is 5.75 Å². The lowest BCUT2D eigenvalue weighted by Gasteiger charge is -2.30. The zero-order chi connectivity index (χ0) is 14.4. The fourth-order valence-electron chi connectivity index (χ4n) is 2.32. The number of nitrogens with one attached hydrogen (secondary N) is 2. The Morgan fingerprint density at radius 2 is 2.24 bits per heavy atom. The minimum absolute atomic E-state index is 0. The molecule has 21 heavy (non-hydrogen) atoms. The Morgan fingerprint density at radius 3 is 2.95 bits per heavy atom. The van der Waals surface area contributed by atoms with Crippen molar-refractivity contribution in [3.05, 3.63) is 29.3 Å². The van der Waals surface area contributed by atoms with Crippen LogP contribution in [0.1, 0.15) is 19.8 Å². The molecule has 0 spiro atoms. The molecule has 2 atom stereocenters. The fourth-order valence-corrected chi connectivity index (χ4v) is 2.51. The molecule has 0 radical (unpaired) electrons. The molecule has 2 rings (SSSR count). The quantitative estimate of drug-likeness (QED) is 0.871. The SMILES string of the molecule is CC1CNCCC1NC(=O)CCOc1ccccc1Cl.Cl. The van der Waals surface area contributed by atoms with Crippen LogP contribution in [-0.2, 0) is 4.79 Å². The van der Waals surface area contributed by atoms with E-state index in [0.717, 1.165) is 19.5 Å². The summed E-state index contributed by atoms with van der Waals surface area (Å²) in [6.07, 6.45) is 1.33. The molecule has 2 unspecified atom stereocenters. The van der Waals surface area contributed by atoms with Crippen LogP contribution in [0.4, 0.5) is 0 Å². The summed E-state index contributed by atoms with van der Waals surface area (Å²) in [4.78, 5) is 11.9. The molecule has 1 aliphatic rings. The van der Waals surface area contributed by atoms with E-state index in [0.29, 0.717) is 29.7 Å². The molecule has 6 heteroatoms. The van der Waals surface area contributed by atoms with Gasteiger partial charge < -0.3 is 15.4 Å². The highest BCUT2D eigenvalue weighted by molar-refractivity contribution is 6.32. The predicted molar refractivity (Wildman–Crippen MR) is 87.4 cm³/mol. The second kappa shape index (κ2) is 9.13. The molecule has 1 fully saturated rings. The summed E-state index contributed by atoms with van der Waals surface area (Å²) in [6.45, 7) is 4.42. The maximum atomic E-state index is 11.9. The van der Waals surface area contributed by atoms with Crippen molar-refractivity contribution in [1.29, 1.82) is 0 Å². The van der Waals surface area contributed by atoms with E-state index in [1.54, 1.807) is 12.1 Å². The largest absolute Gasteiger partial charge is 0.491 e. The number of para-hydroxylation sites is 1. The molecule has 1 aliphatic heterocycles. The lowest BCUT2D eigenvalue weighted by Crippen LogP contribution is -2.48. The molecule has 1 aromatic rings. The summed E-state index contributed by atoms with van der Waals surface area (Å²) < 4.78 is 5.52. The van der Waals surface area contributed by atoms with Crippen LogP contribution in [0.25, 0.3) is 0 Å². The molecule has 118 valence electrons. The number of carbonyl (C=O) groups is 1. The Labute approximate surface area is 137 Å². The van der Waals surface area contributed by atoms with Gasteiger partial charge in [-0.25, -0.2) is 0 Å². The molecule has 4 nitrogen and oxygen atoms in total. The first kappa shape index (κ1) is 18.1.